The maximum atomic E-state index is 12.3. The van der Waals surface area contributed by atoms with Gasteiger partial charge in [-0.15, -0.1) is 0 Å². The van der Waals surface area contributed by atoms with Gasteiger partial charge in [0.1, 0.15) is 16.4 Å². The highest BCUT2D eigenvalue weighted by Crippen LogP contribution is 2.28. The molecule has 7 heteroatoms. The second-order valence-corrected chi connectivity index (χ2v) is 5.80. The molecule has 0 aliphatic carbocycles. The van der Waals surface area contributed by atoms with Crippen LogP contribution >= 0.6 is 0 Å². The average Bonchev–Trinajstić information content (AvgIpc) is 2.97. The molecule has 1 aromatic heterocycles. The van der Waals surface area contributed by atoms with Crippen molar-refractivity contribution < 1.29 is 17.9 Å². The predicted octanol–water partition coefficient (Wildman–Crippen LogP) is 1.51. The molecule has 0 bridgehead atoms. The van der Waals surface area contributed by atoms with E-state index in [9.17, 15) is 8.42 Å². The Kier molecular flexibility index (Phi) is 4.31. The fourth-order valence-electron chi connectivity index (χ4n) is 1.72. The zero-order valence-corrected chi connectivity index (χ0v) is 12.0. The molecule has 1 aromatic carbocycles. The molecule has 6 nitrogen and oxygen atoms in total. The number of hydrogen-bond acceptors (Lipinski definition) is 4. The maximum Gasteiger partial charge on any atom is 0.244 e. The van der Waals surface area contributed by atoms with Gasteiger partial charge in [-0.1, -0.05) is 0 Å². The molecule has 2 rings (SSSR count). The lowest BCUT2D eigenvalue weighted by Crippen LogP contribution is -2.23. The van der Waals surface area contributed by atoms with Gasteiger partial charge in [0.2, 0.25) is 10.0 Å². The zero-order valence-electron chi connectivity index (χ0n) is 11.2. The van der Waals surface area contributed by atoms with Crippen molar-refractivity contribution in [3.05, 3.63) is 42.2 Å². The van der Waals surface area contributed by atoms with E-state index in [1.807, 2.05) is 0 Å². The lowest BCUT2D eigenvalue weighted by atomic mass is 10.3. The topological polar surface area (TPSA) is 80.4 Å². The molecule has 1 heterocycles. The quantitative estimate of drug-likeness (QED) is 0.846. The normalized spacial score (nSPS) is 11.3. The molecule has 0 saturated carbocycles. The summed E-state index contributed by atoms with van der Waals surface area (Å²) in [5, 5.41) is 0. The number of sulfonamides is 1. The fraction of sp³-hybridized carbons (Fsp3) is 0.231. The summed E-state index contributed by atoms with van der Waals surface area (Å²) in [7, 11) is -0.725. The molecule has 0 unspecified atom stereocenters. The largest absolute Gasteiger partial charge is 0.497 e. The molecule has 2 N–H and O–H groups in total. The molecule has 108 valence electrons. The summed E-state index contributed by atoms with van der Waals surface area (Å²) < 4.78 is 37.2. The third kappa shape index (κ3) is 3.12. The highest BCUT2D eigenvalue weighted by molar-refractivity contribution is 7.89. The van der Waals surface area contributed by atoms with Crippen molar-refractivity contribution in [3.63, 3.8) is 0 Å². The average molecular weight is 296 g/mol. The van der Waals surface area contributed by atoms with E-state index in [0.29, 0.717) is 5.75 Å². The van der Waals surface area contributed by atoms with Crippen molar-refractivity contribution in [2.45, 2.75) is 11.4 Å². The lowest BCUT2D eigenvalue weighted by Gasteiger charge is -2.11. The van der Waals surface area contributed by atoms with E-state index in [2.05, 4.69) is 9.71 Å². The van der Waals surface area contributed by atoms with Crippen molar-refractivity contribution in [2.75, 3.05) is 14.2 Å². The Morgan fingerprint density at radius 1 is 1.20 bits per heavy atom. The number of rotatable bonds is 6. The van der Waals surface area contributed by atoms with Crippen LogP contribution in [0, 0.1) is 0 Å². The first-order valence-electron chi connectivity index (χ1n) is 5.90. The molecule has 0 aliphatic rings. The van der Waals surface area contributed by atoms with Crippen molar-refractivity contribution in [1.29, 1.82) is 0 Å². The molecule has 0 saturated heterocycles. The van der Waals surface area contributed by atoms with Crippen molar-refractivity contribution >= 4 is 10.0 Å². The molecule has 0 radical (unpaired) electrons. The molecule has 0 fully saturated rings. The number of nitrogens with one attached hydrogen (secondary N) is 2. The van der Waals surface area contributed by atoms with E-state index in [1.54, 1.807) is 24.5 Å². The van der Waals surface area contributed by atoms with Crippen molar-refractivity contribution in [2.24, 2.45) is 0 Å². The minimum absolute atomic E-state index is 0.0799. The van der Waals surface area contributed by atoms with Gasteiger partial charge in [-0.3, -0.25) is 0 Å². The smallest absolute Gasteiger partial charge is 0.244 e. The van der Waals surface area contributed by atoms with Gasteiger partial charge in [0.05, 0.1) is 14.2 Å². The second kappa shape index (κ2) is 5.98. The third-order valence-corrected chi connectivity index (χ3v) is 4.23. The third-order valence-electron chi connectivity index (χ3n) is 2.79. The van der Waals surface area contributed by atoms with Crippen LogP contribution in [-0.4, -0.2) is 27.6 Å². The Morgan fingerprint density at radius 3 is 2.60 bits per heavy atom. The number of hydrogen-bond donors (Lipinski definition) is 2. The SMILES string of the molecule is COc1ccc(S(=O)(=O)NCc2cc[nH]c2)c(OC)c1. The number of methoxy groups -OCH3 is 2. The second-order valence-electron chi connectivity index (χ2n) is 4.06. The Hall–Kier alpha value is -1.99. The van der Waals surface area contributed by atoms with Crippen LogP contribution < -0.4 is 14.2 Å². The monoisotopic (exact) mass is 296 g/mol. The first-order valence-corrected chi connectivity index (χ1v) is 7.38. The molecule has 0 aliphatic heterocycles. The summed E-state index contributed by atoms with van der Waals surface area (Å²) in [6.45, 7) is 0.209. The standard InChI is InChI=1S/C13H16N2O4S/c1-18-11-3-4-13(12(7-11)19-2)20(16,17)15-9-10-5-6-14-8-10/h3-8,14-15H,9H2,1-2H3. The fourth-order valence-corrected chi connectivity index (χ4v) is 2.89. The van der Waals surface area contributed by atoms with Crippen LogP contribution in [0.1, 0.15) is 5.56 Å². The van der Waals surface area contributed by atoms with Crippen LogP contribution in [0.2, 0.25) is 0 Å². The summed E-state index contributed by atoms with van der Waals surface area (Å²) >= 11 is 0. The molecular formula is C13H16N2O4S. The van der Waals surface area contributed by atoms with E-state index in [1.165, 1.54) is 26.4 Å². The number of benzene rings is 1. The molecule has 0 spiro atoms. The van der Waals surface area contributed by atoms with Gasteiger partial charge in [-0.2, -0.15) is 0 Å². The van der Waals surface area contributed by atoms with Gasteiger partial charge in [0, 0.05) is 25.0 Å². The van der Waals surface area contributed by atoms with E-state index < -0.39 is 10.0 Å². The number of aromatic nitrogens is 1. The van der Waals surface area contributed by atoms with Crippen LogP contribution in [0.25, 0.3) is 0 Å². The highest BCUT2D eigenvalue weighted by atomic mass is 32.2. The van der Waals surface area contributed by atoms with Gasteiger partial charge < -0.3 is 14.5 Å². The summed E-state index contributed by atoms with van der Waals surface area (Å²) in [6.07, 6.45) is 3.46. The minimum Gasteiger partial charge on any atom is -0.497 e. The van der Waals surface area contributed by atoms with Gasteiger partial charge in [0.15, 0.2) is 0 Å². The summed E-state index contributed by atoms with van der Waals surface area (Å²) in [4.78, 5) is 2.95. The first-order chi connectivity index (χ1) is 9.56. The lowest BCUT2D eigenvalue weighted by molar-refractivity contribution is 0.386. The highest BCUT2D eigenvalue weighted by Gasteiger charge is 2.19. The molecule has 2 aromatic rings. The van der Waals surface area contributed by atoms with Gasteiger partial charge >= 0.3 is 0 Å². The maximum absolute atomic E-state index is 12.3. The summed E-state index contributed by atoms with van der Waals surface area (Å²) in [6, 6.07) is 6.36. The molecule has 0 atom stereocenters. The van der Waals surface area contributed by atoms with E-state index in [4.69, 9.17) is 9.47 Å². The van der Waals surface area contributed by atoms with E-state index in [-0.39, 0.29) is 17.2 Å². The van der Waals surface area contributed by atoms with Crippen LogP contribution in [0.15, 0.2) is 41.6 Å². The molecular weight excluding hydrogens is 280 g/mol. The number of H-pyrrole nitrogens is 1. The summed E-state index contributed by atoms with van der Waals surface area (Å²) in [5.74, 6) is 0.775. The number of aromatic amines is 1. The van der Waals surface area contributed by atoms with Crippen LogP contribution in [0.3, 0.4) is 0 Å². The van der Waals surface area contributed by atoms with Crippen LogP contribution in [-0.2, 0) is 16.6 Å². The van der Waals surface area contributed by atoms with Crippen molar-refractivity contribution in [3.8, 4) is 11.5 Å². The van der Waals surface area contributed by atoms with E-state index >= 15 is 0 Å². The molecule has 0 amide bonds. The van der Waals surface area contributed by atoms with Crippen LogP contribution in [0.5, 0.6) is 11.5 Å². The van der Waals surface area contributed by atoms with Gasteiger partial charge in [-0.05, 0) is 23.8 Å². The van der Waals surface area contributed by atoms with Gasteiger partial charge in [-0.25, -0.2) is 13.1 Å². The first kappa shape index (κ1) is 14.4. The van der Waals surface area contributed by atoms with Crippen LogP contribution in [0.4, 0.5) is 0 Å². The Labute approximate surface area is 117 Å². The summed E-state index contributed by atoms with van der Waals surface area (Å²) in [5.41, 5.74) is 0.848. The number of ether oxygens (including phenoxy) is 2. The molecule has 20 heavy (non-hydrogen) atoms. The zero-order chi connectivity index (χ0) is 14.6. The Morgan fingerprint density at radius 2 is 2.00 bits per heavy atom. The van der Waals surface area contributed by atoms with E-state index in [0.717, 1.165) is 5.56 Å². The Bertz CT molecular complexity index is 666. The minimum atomic E-state index is -3.65. The predicted molar refractivity (Wildman–Crippen MR) is 74.4 cm³/mol. The van der Waals surface area contributed by atoms with Gasteiger partial charge in [0.25, 0.3) is 0 Å². The Balaban J connectivity index is 2.24. The van der Waals surface area contributed by atoms with Crippen molar-refractivity contribution in [1.82, 2.24) is 9.71 Å².